The summed E-state index contributed by atoms with van der Waals surface area (Å²) in [4.78, 5) is 1.84. The molecule has 64 valence electrons. The fraction of sp³-hybridized carbons (Fsp3) is 1.00. The van der Waals surface area contributed by atoms with E-state index < -0.39 is 0 Å². The molecule has 0 nitrogen and oxygen atoms in total. The van der Waals surface area contributed by atoms with Crippen LogP contribution in [-0.4, -0.2) is 23.0 Å². The Morgan fingerprint density at radius 3 is 2.82 bits per heavy atom. The minimum atomic E-state index is 0.529. The summed E-state index contributed by atoms with van der Waals surface area (Å²) in [5.41, 5.74) is 0. The molecule has 0 amide bonds. The van der Waals surface area contributed by atoms with Gasteiger partial charge < -0.3 is 0 Å². The number of alkyl halides is 2. The first kappa shape index (κ1) is 9.05. The van der Waals surface area contributed by atoms with Crippen LogP contribution in [0.3, 0.4) is 0 Å². The third kappa shape index (κ3) is 1.72. The molecule has 3 heteroatoms. The van der Waals surface area contributed by atoms with Crippen LogP contribution in [0.4, 0.5) is 0 Å². The zero-order valence-corrected chi connectivity index (χ0v) is 11.2. The second kappa shape index (κ2) is 3.32. The van der Waals surface area contributed by atoms with Crippen LogP contribution in [0.5, 0.6) is 0 Å². The van der Waals surface area contributed by atoms with Crippen LogP contribution in [-0.2, 0) is 0 Å². The minimum absolute atomic E-state index is 0.529. The van der Waals surface area contributed by atoms with Gasteiger partial charge >= 0.3 is 91.8 Å². The first-order valence-corrected chi connectivity index (χ1v) is 7.77. The van der Waals surface area contributed by atoms with Crippen molar-refractivity contribution in [1.82, 2.24) is 0 Å². The molecule has 0 saturated carbocycles. The van der Waals surface area contributed by atoms with Crippen molar-refractivity contribution in [2.24, 2.45) is 0 Å². The standard InChI is InChI=1S/C8H12Br2Se/c9-7-4-3-6-2-1-5-8(7,10)11-6/h6-7H,1-5H2. The number of hydrogen-bond donors (Lipinski definition) is 0. The number of halogens is 2. The van der Waals surface area contributed by atoms with Crippen LogP contribution >= 0.6 is 31.9 Å². The van der Waals surface area contributed by atoms with Crippen molar-refractivity contribution in [1.29, 1.82) is 0 Å². The van der Waals surface area contributed by atoms with E-state index in [0.29, 0.717) is 3.22 Å². The van der Waals surface area contributed by atoms with Crippen molar-refractivity contribution in [2.45, 2.75) is 45.0 Å². The SMILES string of the molecule is BrC1CCC2CCCC1(Br)[Se]2. The summed E-state index contributed by atoms with van der Waals surface area (Å²) in [7, 11) is 0. The first-order chi connectivity index (χ1) is 5.21. The Bertz CT molecular complexity index is 162. The van der Waals surface area contributed by atoms with Gasteiger partial charge in [0.15, 0.2) is 0 Å². The predicted octanol–water partition coefficient (Wildman–Crippen LogP) is 3.31. The molecule has 0 aromatic rings. The van der Waals surface area contributed by atoms with Crippen LogP contribution < -0.4 is 0 Å². The van der Waals surface area contributed by atoms with Crippen molar-refractivity contribution in [3.8, 4) is 0 Å². The summed E-state index contributed by atoms with van der Waals surface area (Å²) in [6, 6.07) is 0. The van der Waals surface area contributed by atoms with E-state index in [1.807, 2.05) is 0 Å². The van der Waals surface area contributed by atoms with E-state index in [1.165, 1.54) is 32.1 Å². The van der Waals surface area contributed by atoms with Gasteiger partial charge in [-0.2, -0.15) is 0 Å². The van der Waals surface area contributed by atoms with Gasteiger partial charge in [0.05, 0.1) is 0 Å². The van der Waals surface area contributed by atoms with E-state index in [-0.39, 0.29) is 0 Å². The molecule has 2 saturated heterocycles. The Hall–Kier alpha value is 1.48. The molecule has 2 aliphatic heterocycles. The summed E-state index contributed by atoms with van der Waals surface area (Å²) < 4.78 is 0.529. The third-order valence-electron chi connectivity index (χ3n) is 2.62. The molecule has 0 aliphatic carbocycles. The first-order valence-electron chi connectivity index (χ1n) is 4.21. The fourth-order valence-electron chi connectivity index (χ4n) is 1.95. The summed E-state index contributed by atoms with van der Waals surface area (Å²) in [6.45, 7) is 0. The predicted molar refractivity (Wildman–Crippen MR) is 57.0 cm³/mol. The average Bonchev–Trinajstić information content (AvgIpc) is 1.98. The zero-order chi connectivity index (χ0) is 7.90. The Balaban J connectivity index is 2.13. The Morgan fingerprint density at radius 1 is 1.27 bits per heavy atom. The topological polar surface area (TPSA) is 0 Å². The van der Waals surface area contributed by atoms with Crippen molar-refractivity contribution < 1.29 is 0 Å². The van der Waals surface area contributed by atoms with Crippen molar-refractivity contribution >= 4 is 46.8 Å². The van der Waals surface area contributed by atoms with Crippen molar-refractivity contribution in [2.75, 3.05) is 0 Å². The molecule has 3 atom stereocenters. The van der Waals surface area contributed by atoms with Crippen LogP contribution in [0, 0.1) is 0 Å². The Morgan fingerprint density at radius 2 is 2.09 bits per heavy atom. The number of hydrogen-bond acceptors (Lipinski definition) is 0. The van der Waals surface area contributed by atoms with Gasteiger partial charge in [-0.3, -0.25) is 0 Å². The van der Waals surface area contributed by atoms with Crippen molar-refractivity contribution in [3.63, 3.8) is 0 Å². The maximum absolute atomic E-state index is 3.93. The van der Waals surface area contributed by atoms with Gasteiger partial charge in [-0.05, 0) is 0 Å². The Kier molecular flexibility index (Phi) is 2.73. The van der Waals surface area contributed by atoms with Gasteiger partial charge in [0.25, 0.3) is 0 Å². The van der Waals surface area contributed by atoms with Gasteiger partial charge in [-0.25, -0.2) is 0 Å². The normalized spacial score (nSPS) is 50.7. The van der Waals surface area contributed by atoms with Gasteiger partial charge in [0.1, 0.15) is 0 Å². The van der Waals surface area contributed by atoms with E-state index >= 15 is 0 Å². The summed E-state index contributed by atoms with van der Waals surface area (Å²) >= 11 is 8.58. The number of rotatable bonds is 0. The van der Waals surface area contributed by atoms with Crippen LogP contribution in [0.1, 0.15) is 32.1 Å². The van der Waals surface area contributed by atoms with Crippen LogP contribution in [0.25, 0.3) is 0 Å². The Labute approximate surface area is 91.3 Å². The summed E-state index contributed by atoms with van der Waals surface area (Å²) in [5, 5.41) is 0. The molecule has 2 rings (SSSR count). The molecule has 0 N–H and O–H groups in total. The van der Waals surface area contributed by atoms with E-state index in [0.717, 1.165) is 24.6 Å². The van der Waals surface area contributed by atoms with E-state index in [1.54, 1.807) is 0 Å². The zero-order valence-electron chi connectivity index (χ0n) is 6.35. The second-order valence-electron chi connectivity index (χ2n) is 3.46. The molecule has 2 heterocycles. The molecule has 2 aliphatic rings. The molecular formula is C8H12Br2Se. The third-order valence-corrected chi connectivity index (χ3v) is 10.6. The van der Waals surface area contributed by atoms with E-state index in [2.05, 4.69) is 31.9 Å². The van der Waals surface area contributed by atoms with E-state index in [4.69, 9.17) is 0 Å². The van der Waals surface area contributed by atoms with Crippen molar-refractivity contribution in [3.05, 3.63) is 0 Å². The average molecular weight is 347 g/mol. The summed E-state index contributed by atoms with van der Waals surface area (Å²) in [5.74, 6) is 0. The summed E-state index contributed by atoms with van der Waals surface area (Å²) in [6.07, 6.45) is 7.22. The molecule has 0 spiro atoms. The maximum atomic E-state index is 3.93. The monoisotopic (exact) mass is 346 g/mol. The molecule has 0 aromatic heterocycles. The van der Waals surface area contributed by atoms with E-state index in [9.17, 15) is 0 Å². The molecular weight excluding hydrogens is 335 g/mol. The van der Waals surface area contributed by atoms with Crippen LogP contribution in [0.15, 0.2) is 0 Å². The number of fused-ring (bicyclic) bond motifs is 2. The fourth-order valence-corrected chi connectivity index (χ4v) is 8.28. The van der Waals surface area contributed by atoms with Gasteiger partial charge in [0.2, 0.25) is 0 Å². The quantitative estimate of drug-likeness (QED) is 0.466. The van der Waals surface area contributed by atoms with Gasteiger partial charge in [-0.1, -0.05) is 0 Å². The molecule has 11 heavy (non-hydrogen) atoms. The van der Waals surface area contributed by atoms with Gasteiger partial charge in [-0.15, -0.1) is 0 Å². The second-order valence-corrected chi connectivity index (χ2v) is 10.6. The molecule has 0 radical (unpaired) electrons. The molecule has 3 unspecified atom stereocenters. The molecule has 2 bridgehead atoms. The molecule has 0 aromatic carbocycles. The molecule has 2 fully saturated rings. The van der Waals surface area contributed by atoms with Crippen LogP contribution in [0.2, 0.25) is 4.82 Å². The van der Waals surface area contributed by atoms with Gasteiger partial charge in [0, 0.05) is 0 Å².